The molecular weight excluding hydrogens is 210 g/mol. The van der Waals surface area contributed by atoms with Gasteiger partial charge in [-0.2, -0.15) is 0 Å². The van der Waals surface area contributed by atoms with Gasteiger partial charge in [0.1, 0.15) is 5.82 Å². The summed E-state index contributed by atoms with van der Waals surface area (Å²) >= 11 is 0. The molecule has 0 atom stereocenters. The van der Waals surface area contributed by atoms with Crippen molar-refractivity contribution >= 4 is 5.82 Å². The molecule has 0 saturated carbocycles. The Kier molecular flexibility index (Phi) is 3.09. The molecule has 0 fully saturated rings. The molecule has 3 heteroatoms. The second kappa shape index (κ2) is 4.53. The van der Waals surface area contributed by atoms with E-state index in [4.69, 9.17) is 5.73 Å². The highest BCUT2D eigenvalue weighted by Crippen LogP contribution is 2.21. The first kappa shape index (κ1) is 11.6. The molecule has 0 bridgehead atoms. The van der Waals surface area contributed by atoms with E-state index in [-0.39, 0.29) is 0 Å². The van der Waals surface area contributed by atoms with E-state index >= 15 is 0 Å². The molecule has 1 heterocycles. The lowest BCUT2D eigenvalue weighted by Crippen LogP contribution is -2.01. The second-order valence-corrected chi connectivity index (χ2v) is 4.57. The Balaban J connectivity index is 2.52. The lowest BCUT2D eigenvalue weighted by molar-refractivity contribution is 0.818. The van der Waals surface area contributed by atoms with E-state index in [0.717, 1.165) is 11.3 Å². The molecule has 0 unspecified atom stereocenters. The van der Waals surface area contributed by atoms with Crippen molar-refractivity contribution in [2.75, 3.05) is 5.73 Å². The van der Waals surface area contributed by atoms with Crippen molar-refractivity contribution in [3.8, 4) is 11.4 Å². The van der Waals surface area contributed by atoms with Crippen molar-refractivity contribution in [1.29, 1.82) is 0 Å². The Labute approximate surface area is 102 Å². The molecule has 0 spiro atoms. The topological polar surface area (TPSA) is 51.8 Å². The highest BCUT2D eigenvalue weighted by molar-refractivity contribution is 5.58. The molecule has 1 aromatic heterocycles. The van der Waals surface area contributed by atoms with E-state index in [0.29, 0.717) is 17.6 Å². The summed E-state index contributed by atoms with van der Waals surface area (Å²) < 4.78 is 0. The van der Waals surface area contributed by atoms with Crippen molar-refractivity contribution in [2.24, 2.45) is 0 Å². The van der Waals surface area contributed by atoms with Crippen LogP contribution >= 0.6 is 0 Å². The van der Waals surface area contributed by atoms with Gasteiger partial charge in [0.25, 0.3) is 0 Å². The van der Waals surface area contributed by atoms with Gasteiger partial charge in [-0.3, -0.25) is 0 Å². The minimum atomic E-state index is 0.351. The first-order valence-corrected chi connectivity index (χ1v) is 5.78. The molecule has 2 N–H and O–H groups in total. The summed E-state index contributed by atoms with van der Waals surface area (Å²) in [6, 6.07) is 9.97. The molecule has 0 amide bonds. The molecule has 88 valence electrons. The van der Waals surface area contributed by atoms with Crippen molar-refractivity contribution in [3.63, 3.8) is 0 Å². The van der Waals surface area contributed by atoms with E-state index in [2.05, 4.69) is 42.9 Å². The van der Waals surface area contributed by atoms with Crippen molar-refractivity contribution < 1.29 is 0 Å². The second-order valence-electron chi connectivity index (χ2n) is 4.57. The van der Waals surface area contributed by atoms with Gasteiger partial charge in [-0.15, -0.1) is 0 Å². The maximum atomic E-state index is 5.82. The summed E-state index contributed by atoms with van der Waals surface area (Å²) in [4.78, 5) is 8.85. The zero-order valence-electron chi connectivity index (χ0n) is 10.4. The van der Waals surface area contributed by atoms with Gasteiger partial charge in [-0.1, -0.05) is 37.6 Å². The number of hydrogen-bond acceptors (Lipinski definition) is 3. The van der Waals surface area contributed by atoms with E-state index in [1.807, 2.05) is 18.2 Å². The van der Waals surface area contributed by atoms with Crippen LogP contribution in [0.1, 0.15) is 31.0 Å². The fraction of sp³-hybridized carbons (Fsp3) is 0.286. The molecule has 1 aromatic carbocycles. The number of nitrogen functional groups attached to an aromatic ring is 1. The summed E-state index contributed by atoms with van der Waals surface area (Å²) in [5, 5.41) is 0. The number of hydrogen-bond donors (Lipinski definition) is 1. The van der Waals surface area contributed by atoms with Gasteiger partial charge in [0, 0.05) is 17.3 Å². The van der Waals surface area contributed by atoms with Crippen LogP contribution < -0.4 is 5.73 Å². The van der Waals surface area contributed by atoms with Crippen LogP contribution in [0.5, 0.6) is 0 Å². The summed E-state index contributed by atoms with van der Waals surface area (Å²) in [5.74, 6) is 1.58. The number of aryl methyl sites for hydroxylation is 1. The number of nitrogens with two attached hydrogens (primary N) is 1. The zero-order chi connectivity index (χ0) is 12.4. The number of rotatable bonds is 2. The molecule has 3 nitrogen and oxygen atoms in total. The van der Waals surface area contributed by atoms with Gasteiger partial charge in [0.05, 0.1) is 0 Å². The summed E-state index contributed by atoms with van der Waals surface area (Å²) in [6.45, 7) is 6.25. The molecule has 0 aliphatic heterocycles. The van der Waals surface area contributed by atoms with Gasteiger partial charge in [-0.05, 0) is 18.9 Å². The Bertz CT molecular complexity index is 533. The predicted octanol–water partition coefficient (Wildman–Crippen LogP) is 3.16. The minimum Gasteiger partial charge on any atom is -0.384 e. The largest absolute Gasteiger partial charge is 0.384 e. The van der Waals surface area contributed by atoms with Gasteiger partial charge >= 0.3 is 0 Å². The standard InChI is InChI=1S/C14H17N3/c1-9(2)12-8-13(15)17-14(16-12)11-6-4-5-10(3)7-11/h4-9H,1-3H3,(H2,15,16,17). The van der Waals surface area contributed by atoms with Gasteiger partial charge in [-0.25, -0.2) is 9.97 Å². The van der Waals surface area contributed by atoms with Gasteiger partial charge in [0.2, 0.25) is 0 Å². The maximum Gasteiger partial charge on any atom is 0.161 e. The third-order valence-corrected chi connectivity index (χ3v) is 2.63. The van der Waals surface area contributed by atoms with Crippen LogP contribution in [0.2, 0.25) is 0 Å². The van der Waals surface area contributed by atoms with Crippen molar-refractivity contribution in [3.05, 3.63) is 41.6 Å². The molecule has 0 aliphatic rings. The summed E-state index contributed by atoms with van der Waals surface area (Å²) in [5.41, 5.74) is 9.01. The molecule has 0 radical (unpaired) electrons. The van der Waals surface area contributed by atoms with Crippen LogP contribution in [0.3, 0.4) is 0 Å². The highest BCUT2D eigenvalue weighted by atomic mass is 14.9. The smallest absolute Gasteiger partial charge is 0.161 e. The van der Waals surface area contributed by atoms with Crippen molar-refractivity contribution in [1.82, 2.24) is 9.97 Å². The molecule has 0 saturated heterocycles. The average molecular weight is 227 g/mol. The third kappa shape index (κ3) is 2.61. The fourth-order valence-corrected chi connectivity index (χ4v) is 1.69. The number of nitrogens with zero attached hydrogens (tertiary/aromatic N) is 2. The Hall–Kier alpha value is -1.90. The van der Waals surface area contributed by atoms with E-state index in [9.17, 15) is 0 Å². The summed E-state index contributed by atoms with van der Waals surface area (Å²) in [7, 11) is 0. The van der Waals surface area contributed by atoms with E-state index in [1.54, 1.807) is 0 Å². The molecule has 2 aromatic rings. The van der Waals surface area contributed by atoms with Crippen molar-refractivity contribution in [2.45, 2.75) is 26.7 Å². The van der Waals surface area contributed by atoms with Gasteiger partial charge in [0.15, 0.2) is 5.82 Å². The average Bonchev–Trinajstić information content (AvgIpc) is 2.28. The quantitative estimate of drug-likeness (QED) is 0.857. The lowest BCUT2D eigenvalue weighted by Gasteiger charge is -2.08. The normalized spacial score (nSPS) is 10.8. The molecule has 17 heavy (non-hydrogen) atoms. The van der Waals surface area contributed by atoms with Gasteiger partial charge < -0.3 is 5.73 Å². The minimum absolute atomic E-state index is 0.351. The molecule has 2 rings (SSSR count). The van der Waals surface area contributed by atoms with Crippen LogP contribution in [0.15, 0.2) is 30.3 Å². The number of benzene rings is 1. The third-order valence-electron chi connectivity index (χ3n) is 2.63. The number of aromatic nitrogens is 2. The zero-order valence-corrected chi connectivity index (χ0v) is 10.4. The summed E-state index contributed by atoms with van der Waals surface area (Å²) in [6.07, 6.45) is 0. The highest BCUT2D eigenvalue weighted by Gasteiger charge is 2.08. The Morgan fingerprint density at radius 2 is 1.88 bits per heavy atom. The molecular formula is C14H17N3. The molecule has 0 aliphatic carbocycles. The SMILES string of the molecule is Cc1cccc(-c2nc(N)cc(C(C)C)n2)c1. The Morgan fingerprint density at radius 1 is 1.12 bits per heavy atom. The van der Waals surface area contributed by atoms with E-state index < -0.39 is 0 Å². The first-order chi connectivity index (χ1) is 8.06. The van der Waals surface area contributed by atoms with Crippen LogP contribution in [-0.2, 0) is 0 Å². The van der Waals surface area contributed by atoms with E-state index in [1.165, 1.54) is 5.56 Å². The van der Waals surface area contributed by atoms with Crippen LogP contribution in [0.4, 0.5) is 5.82 Å². The fourth-order valence-electron chi connectivity index (χ4n) is 1.69. The predicted molar refractivity (Wildman–Crippen MR) is 70.7 cm³/mol. The van der Waals surface area contributed by atoms with Crippen LogP contribution in [-0.4, -0.2) is 9.97 Å². The maximum absolute atomic E-state index is 5.82. The van der Waals surface area contributed by atoms with Crippen LogP contribution in [0, 0.1) is 6.92 Å². The van der Waals surface area contributed by atoms with Crippen LogP contribution in [0.25, 0.3) is 11.4 Å². The lowest BCUT2D eigenvalue weighted by atomic mass is 10.1. The Morgan fingerprint density at radius 3 is 2.53 bits per heavy atom. The number of anilines is 1. The first-order valence-electron chi connectivity index (χ1n) is 5.78. The monoisotopic (exact) mass is 227 g/mol.